The van der Waals surface area contributed by atoms with Gasteiger partial charge in [-0.15, -0.1) is 0 Å². The Morgan fingerprint density at radius 1 is 1.19 bits per heavy atom. The monoisotopic (exact) mass is 376 g/mol. The van der Waals surface area contributed by atoms with Crippen molar-refractivity contribution in [2.75, 3.05) is 19.8 Å². The van der Waals surface area contributed by atoms with Crippen LogP contribution in [0.3, 0.4) is 0 Å². The third-order valence-electron chi connectivity index (χ3n) is 6.30. The third-order valence-corrected chi connectivity index (χ3v) is 6.30. The lowest BCUT2D eigenvalue weighted by Gasteiger charge is -2.28. The summed E-state index contributed by atoms with van der Waals surface area (Å²) < 4.78 is 7.64. The molecule has 1 atom stereocenters. The summed E-state index contributed by atoms with van der Waals surface area (Å²) in [5.74, 6) is -1.50. The van der Waals surface area contributed by atoms with Gasteiger partial charge in [-0.3, -0.25) is 9.59 Å². The predicted molar refractivity (Wildman–Crippen MR) is 103 cm³/mol. The Morgan fingerprint density at radius 2 is 1.85 bits per heavy atom. The summed E-state index contributed by atoms with van der Waals surface area (Å²) in [4.78, 5) is 24.5. The lowest BCUT2D eigenvalue weighted by Crippen LogP contribution is -2.39. The van der Waals surface area contributed by atoms with Crippen molar-refractivity contribution in [2.45, 2.75) is 64.8 Å². The fraction of sp³-hybridized carbons (Fsp3) is 0.714. The molecular weight excluding hydrogens is 344 g/mol. The smallest absolute Gasteiger partial charge is 0.308 e. The van der Waals surface area contributed by atoms with Gasteiger partial charge in [0, 0.05) is 37.2 Å². The van der Waals surface area contributed by atoms with Crippen molar-refractivity contribution < 1.29 is 19.4 Å². The summed E-state index contributed by atoms with van der Waals surface area (Å²) in [6, 6.07) is 2.43. The number of rotatable bonds is 6. The first kappa shape index (κ1) is 19.9. The van der Waals surface area contributed by atoms with Crippen LogP contribution in [0, 0.1) is 25.7 Å². The van der Waals surface area contributed by atoms with Crippen LogP contribution in [0.15, 0.2) is 6.07 Å². The Balaban J connectivity index is 1.67. The molecular formula is C21H32N2O4. The molecule has 2 N–H and O–H groups in total. The molecule has 0 spiro atoms. The van der Waals surface area contributed by atoms with E-state index in [4.69, 9.17) is 4.74 Å². The Hall–Kier alpha value is -1.82. The van der Waals surface area contributed by atoms with E-state index in [2.05, 4.69) is 16.8 Å². The molecule has 1 aliphatic carbocycles. The number of nitrogens with zero attached hydrogens (tertiary/aromatic N) is 1. The molecule has 27 heavy (non-hydrogen) atoms. The van der Waals surface area contributed by atoms with Crippen molar-refractivity contribution in [1.29, 1.82) is 0 Å². The number of hydrogen-bond donors (Lipinski definition) is 2. The van der Waals surface area contributed by atoms with Gasteiger partial charge in [-0.2, -0.15) is 0 Å². The number of ether oxygens (including phenoxy) is 1. The maximum Gasteiger partial charge on any atom is 0.308 e. The van der Waals surface area contributed by atoms with Gasteiger partial charge in [0.25, 0.3) is 5.91 Å². The Labute approximate surface area is 161 Å². The number of hydrogen-bond acceptors (Lipinski definition) is 3. The minimum atomic E-state index is -0.838. The van der Waals surface area contributed by atoms with Crippen LogP contribution in [0.2, 0.25) is 0 Å². The Kier molecular flexibility index (Phi) is 6.58. The van der Waals surface area contributed by atoms with Gasteiger partial charge >= 0.3 is 5.97 Å². The highest BCUT2D eigenvalue weighted by Gasteiger charge is 2.30. The molecule has 150 valence electrons. The van der Waals surface area contributed by atoms with E-state index in [0.717, 1.165) is 24.2 Å². The highest BCUT2D eigenvalue weighted by Crippen LogP contribution is 2.32. The highest BCUT2D eigenvalue weighted by atomic mass is 16.5. The van der Waals surface area contributed by atoms with Crippen molar-refractivity contribution in [3.05, 3.63) is 23.0 Å². The third kappa shape index (κ3) is 4.54. The number of nitrogens with one attached hydrogen (secondary N) is 1. The van der Waals surface area contributed by atoms with Gasteiger partial charge in [-0.05, 0) is 51.5 Å². The van der Waals surface area contributed by atoms with Crippen LogP contribution in [-0.4, -0.2) is 41.3 Å². The summed E-state index contributed by atoms with van der Waals surface area (Å²) in [6.45, 7) is 5.44. The minimum Gasteiger partial charge on any atom is -0.481 e. The summed E-state index contributed by atoms with van der Waals surface area (Å²) in [6.07, 6.45) is 7.60. The number of carboxylic acids is 1. The Bertz CT molecular complexity index is 670. The molecule has 0 radical (unpaired) electrons. The SMILES string of the molecule is Cc1cc(C(=O)NCC(C(=O)O)C2CCOCC2)c(C)n1C1CCCCC1. The second kappa shape index (κ2) is 8.91. The maximum absolute atomic E-state index is 12.8. The fourth-order valence-electron chi connectivity index (χ4n) is 4.78. The summed E-state index contributed by atoms with van der Waals surface area (Å²) in [5, 5.41) is 12.5. The van der Waals surface area contributed by atoms with Gasteiger partial charge in [0.15, 0.2) is 0 Å². The van der Waals surface area contributed by atoms with E-state index >= 15 is 0 Å². The van der Waals surface area contributed by atoms with Crippen molar-refractivity contribution in [3.8, 4) is 0 Å². The zero-order chi connectivity index (χ0) is 19.4. The van der Waals surface area contributed by atoms with Crippen LogP contribution >= 0.6 is 0 Å². The van der Waals surface area contributed by atoms with E-state index in [1.165, 1.54) is 32.1 Å². The average Bonchev–Trinajstić information content (AvgIpc) is 2.97. The molecule has 1 unspecified atom stereocenters. The lowest BCUT2D eigenvalue weighted by atomic mass is 9.86. The van der Waals surface area contributed by atoms with E-state index < -0.39 is 11.9 Å². The summed E-state index contributed by atoms with van der Waals surface area (Å²) in [5.41, 5.74) is 2.78. The lowest BCUT2D eigenvalue weighted by molar-refractivity contribution is -0.144. The summed E-state index contributed by atoms with van der Waals surface area (Å²) >= 11 is 0. The van der Waals surface area contributed by atoms with E-state index in [1.807, 2.05) is 13.0 Å². The van der Waals surface area contributed by atoms with Gasteiger partial charge in [-0.1, -0.05) is 19.3 Å². The molecule has 1 aromatic heterocycles. The van der Waals surface area contributed by atoms with E-state index in [-0.39, 0.29) is 18.4 Å². The zero-order valence-corrected chi connectivity index (χ0v) is 16.5. The van der Waals surface area contributed by atoms with Crippen molar-refractivity contribution in [3.63, 3.8) is 0 Å². The molecule has 1 saturated carbocycles. The Morgan fingerprint density at radius 3 is 2.48 bits per heavy atom. The first-order chi connectivity index (χ1) is 13.0. The van der Waals surface area contributed by atoms with E-state index in [9.17, 15) is 14.7 Å². The standard InChI is InChI=1S/C21H32N2O4/c1-14-12-18(15(2)23(14)17-6-4-3-5-7-17)20(24)22-13-19(21(25)26)16-8-10-27-11-9-16/h12,16-17,19H,3-11,13H2,1-2H3,(H,22,24)(H,25,26). The highest BCUT2D eigenvalue weighted by molar-refractivity contribution is 5.96. The molecule has 2 heterocycles. The van der Waals surface area contributed by atoms with Gasteiger partial charge in [0.2, 0.25) is 0 Å². The van der Waals surface area contributed by atoms with Crippen LogP contribution in [0.1, 0.15) is 72.7 Å². The number of carboxylic acid groups (broad SMARTS) is 1. The van der Waals surface area contributed by atoms with E-state index in [1.54, 1.807) is 0 Å². The van der Waals surface area contributed by atoms with Crippen LogP contribution in [0.4, 0.5) is 0 Å². The average molecular weight is 376 g/mol. The molecule has 6 nitrogen and oxygen atoms in total. The number of carbonyl (C=O) groups excluding carboxylic acids is 1. The molecule has 0 bridgehead atoms. The van der Waals surface area contributed by atoms with Gasteiger partial charge in [-0.25, -0.2) is 0 Å². The zero-order valence-electron chi connectivity index (χ0n) is 16.5. The number of amides is 1. The molecule has 2 aliphatic rings. The topological polar surface area (TPSA) is 80.6 Å². The van der Waals surface area contributed by atoms with Gasteiger partial charge in [0.05, 0.1) is 11.5 Å². The summed E-state index contributed by atoms with van der Waals surface area (Å²) in [7, 11) is 0. The van der Waals surface area contributed by atoms with Crippen molar-refractivity contribution in [1.82, 2.24) is 9.88 Å². The maximum atomic E-state index is 12.8. The largest absolute Gasteiger partial charge is 0.481 e. The van der Waals surface area contributed by atoms with Crippen LogP contribution in [-0.2, 0) is 9.53 Å². The fourth-order valence-corrected chi connectivity index (χ4v) is 4.78. The molecule has 1 saturated heterocycles. The molecule has 6 heteroatoms. The molecule has 2 fully saturated rings. The molecule has 3 rings (SSSR count). The molecule has 1 aromatic rings. The minimum absolute atomic E-state index is 0.0613. The van der Waals surface area contributed by atoms with Crippen molar-refractivity contribution in [2.24, 2.45) is 11.8 Å². The molecule has 1 aliphatic heterocycles. The first-order valence-corrected chi connectivity index (χ1v) is 10.3. The molecule has 1 amide bonds. The van der Waals surface area contributed by atoms with E-state index in [0.29, 0.717) is 24.8 Å². The van der Waals surface area contributed by atoms with Crippen molar-refractivity contribution >= 4 is 11.9 Å². The second-order valence-corrected chi connectivity index (χ2v) is 8.05. The quantitative estimate of drug-likeness (QED) is 0.797. The van der Waals surface area contributed by atoms with Crippen LogP contribution < -0.4 is 5.32 Å². The second-order valence-electron chi connectivity index (χ2n) is 8.05. The predicted octanol–water partition coefficient (Wildman–Crippen LogP) is 3.47. The normalized spacial score (nSPS) is 20.4. The van der Waals surface area contributed by atoms with Crippen LogP contribution in [0.5, 0.6) is 0 Å². The number of carbonyl (C=O) groups is 2. The number of aromatic nitrogens is 1. The molecule has 0 aromatic carbocycles. The van der Waals surface area contributed by atoms with Gasteiger partial charge in [0.1, 0.15) is 0 Å². The van der Waals surface area contributed by atoms with Crippen LogP contribution in [0.25, 0.3) is 0 Å². The number of aryl methyl sites for hydroxylation is 1. The van der Waals surface area contributed by atoms with Gasteiger partial charge < -0.3 is 19.7 Å². The first-order valence-electron chi connectivity index (χ1n) is 10.3. The number of aliphatic carboxylic acids is 1.